The highest BCUT2D eigenvalue weighted by molar-refractivity contribution is 9.10. The summed E-state index contributed by atoms with van der Waals surface area (Å²) in [6.45, 7) is 2.72. The van der Waals surface area contributed by atoms with Crippen molar-refractivity contribution in [2.75, 3.05) is 12.8 Å². The molecule has 0 spiro atoms. The molecule has 15 heavy (non-hydrogen) atoms. The molecule has 5 heteroatoms. The van der Waals surface area contributed by atoms with Gasteiger partial charge in [0.15, 0.2) is 0 Å². The molecule has 0 radical (unpaired) electrons. The standard InChI is InChI=1S/C10H13BrN2OS/c1-7(15-2)6-13-10(14)9-8(11)4-3-5-12-9/h3-5,7H,6H2,1-2H3,(H,13,14). The highest BCUT2D eigenvalue weighted by Gasteiger charge is 2.11. The van der Waals surface area contributed by atoms with Crippen molar-refractivity contribution in [3.05, 3.63) is 28.5 Å². The summed E-state index contributed by atoms with van der Waals surface area (Å²) in [5, 5.41) is 3.25. The van der Waals surface area contributed by atoms with Crippen LogP contribution in [0.3, 0.4) is 0 Å². The zero-order valence-corrected chi connectivity index (χ0v) is 11.1. The van der Waals surface area contributed by atoms with Gasteiger partial charge in [-0.05, 0) is 34.3 Å². The van der Waals surface area contributed by atoms with Gasteiger partial charge in [0.1, 0.15) is 5.69 Å². The summed E-state index contributed by atoms with van der Waals surface area (Å²) in [5.41, 5.74) is 0.436. The summed E-state index contributed by atoms with van der Waals surface area (Å²) in [6.07, 6.45) is 3.63. The third kappa shape index (κ3) is 3.83. The number of amides is 1. The fraction of sp³-hybridized carbons (Fsp3) is 0.400. The van der Waals surface area contributed by atoms with Crippen LogP contribution in [0.25, 0.3) is 0 Å². The van der Waals surface area contributed by atoms with Crippen LogP contribution < -0.4 is 5.32 Å². The average molecular weight is 289 g/mol. The number of aromatic nitrogens is 1. The minimum atomic E-state index is -0.136. The van der Waals surface area contributed by atoms with Gasteiger partial charge in [-0.1, -0.05) is 6.92 Å². The first-order chi connectivity index (χ1) is 7.15. The van der Waals surface area contributed by atoms with Gasteiger partial charge in [-0.25, -0.2) is 4.98 Å². The molecule has 0 bridgehead atoms. The second-order valence-corrected chi connectivity index (χ2v) is 5.22. The Kier molecular flexibility index (Phi) is 5.11. The number of nitrogens with zero attached hydrogens (tertiary/aromatic N) is 1. The molecule has 0 aromatic carbocycles. The van der Waals surface area contributed by atoms with E-state index in [1.807, 2.05) is 6.26 Å². The Labute approximate surface area is 102 Å². The molecule has 82 valence electrons. The van der Waals surface area contributed by atoms with Crippen LogP contribution in [0.4, 0.5) is 0 Å². The van der Waals surface area contributed by atoms with E-state index in [4.69, 9.17) is 0 Å². The van der Waals surface area contributed by atoms with Crippen molar-refractivity contribution in [2.45, 2.75) is 12.2 Å². The van der Waals surface area contributed by atoms with Crippen LogP contribution in [0, 0.1) is 0 Å². The normalized spacial score (nSPS) is 12.2. The predicted octanol–water partition coefficient (Wildman–Crippen LogP) is 2.33. The van der Waals surface area contributed by atoms with Crippen molar-refractivity contribution in [3.8, 4) is 0 Å². The summed E-state index contributed by atoms with van der Waals surface area (Å²) in [7, 11) is 0. The lowest BCUT2D eigenvalue weighted by atomic mass is 10.3. The zero-order chi connectivity index (χ0) is 11.3. The van der Waals surface area contributed by atoms with Crippen molar-refractivity contribution in [3.63, 3.8) is 0 Å². The molecule has 1 rings (SSSR count). The molecule has 0 saturated carbocycles. The highest BCUT2D eigenvalue weighted by Crippen LogP contribution is 2.13. The van der Waals surface area contributed by atoms with E-state index < -0.39 is 0 Å². The van der Waals surface area contributed by atoms with E-state index in [0.29, 0.717) is 17.5 Å². The molecule has 0 saturated heterocycles. The van der Waals surface area contributed by atoms with Gasteiger partial charge in [0, 0.05) is 22.5 Å². The van der Waals surface area contributed by atoms with Crippen LogP contribution in [0.2, 0.25) is 0 Å². The third-order valence-corrected chi connectivity index (χ3v) is 3.54. The lowest BCUT2D eigenvalue weighted by Crippen LogP contribution is -2.30. The molecule has 0 fully saturated rings. The fourth-order valence-electron chi connectivity index (χ4n) is 0.956. The van der Waals surface area contributed by atoms with Crippen LogP contribution in [0.5, 0.6) is 0 Å². The highest BCUT2D eigenvalue weighted by atomic mass is 79.9. The van der Waals surface area contributed by atoms with Gasteiger partial charge in [0.25, 0.3) is 5.91 Å². The lowest BCUT2D eigenvalue weighted by Gasteiger charge is -2.09. The van der Waals surface area contributed by atoms with Crippen molar-refractivity contribution in [2.24, 2.45) is 0 Å². The first kappa shape index (κ1) is 12.5. The van der Waals surface area contributed by atoms with Gasteiger partial charge in [-0.3, -0.25) is 4.79 Å². The molecule has 0 aliphatic heterocycles. The SMILES string of the molecule is CSC(C)CNC(=O)c1ncccc1Br. The number of carbonyl (C=O) groups is 1. The van der Waals surface area contributed by atoms with E-state index in [9.17, 15) is 4.79 Å². The summed E-state index contributed by atoms with van der Waals surface area (Å²) in [5.74, 6) is -0.136. The minimum absolute atomic E-state index is 0.136. The van der Waals surface area contributed by atoms with Crippen LogP contribution in [0.15, 0.2) is 22.8 Å². The number of carbonyl (C=O) groups excluding carboxylic acids is 1. The molecule has 1 aromatic rings. The molecule has 0 aliphatic rings. The monoisotopic (exact) mass is 288 g/mol. The average Bonchev–Trinajstić information content (AvgIpc) is 2.26. The first-order valence-electron chi connectivity index (χ1n) is 4.56. The van der Waals surface area contributed by atoms with E-state index in [1.165, 1.54) is 0 Å². The number of pyridine rings is 1. The van der Waals surface area contributed by atoms with Gasteiger partial charge < -0.3 is 5.32 Å². The minimum Gasteiger partial charge on any atom is -0.350 e. The van der Waals surface area contributed by atoms with Crippen LogP contribution in [0.1, 0.15) is 17.4 Å². The second kappa shape index (κ2) is 6.12. The van der Waals surface area contributed by atoms with Gasteiger partial charge in [0.05, 0.1) is 0 Å². The van der Waals surface area contributed by atoms with Crippen molar-refractivity contribution >= 4 is 33.6 Å². The molecule has 1 N–H and O–H groups in total. The van der Waals surface area contributed by atoms with E-state index in [1.54, 1.807) is 30.1 Å². The zero-order valence-electron chi connectivity index (χ0n) is 8.66. The number of hydrogen-bond donors (Lipinski definition) is 1. The van der Waals surface area contributed by atoms with E-state index >= 15 is 0 Å². The number of halogens is 1. The van der Waals surface area contributed by atoms with Crippen LogP contribution in [-0.2, 0) is 0 Å². The Hall–Kier alpha value is -0.550. The van der Waals surface area contributed by atoms with Gasteiger partial charge >= 0.3 is 0 Å². The summed E-state index contributed by atoms with van der Waals surface area (Å²) in [4.78, 5) is 15.7. The molecular formula is C10H13BrN2OS. The van der Waals surface area contributed by atoms with Crippen molar-refractivity contribution in [1.82, 2.24) is 10.3 Å². The quantitative estimate of drug-likeness (QED) is 0.925. The number of hydrogen-bond acceptors (Lipinski definition) is 3. The maximum absolute atomic E-state index is 11.7. The largest absolute Gasteiger partial charge is 0.350 e. The second-order valence-electron chi connectivity index (χ2n) is 3.09. The Morgan fingerprint density at radius 1 is 1.73 bits per heavy atom. The first-order valence-corrected chi connectivity index (χ1v) is 6.64. The maximum atomic E-state index is 11.7. The van der Waals surface area contributed by atoms with E-state index in [-0.39, 0.29) is 5.91 Å². The Bertz CT molecular complexity index is 346. The van der Waals surface area contributed by atoms with Crippen LogP contribution >= 0.6 is 27.7 Å². The number of rotatable bonds is 4. The molecule has 1 amide bonds. The topological polar surface area (TPSA) is 42.0 Å². The fourth-order valence-corrected chi connectivity index (χ4v) is 1.64. The van der Waals surface area contributed by atoms with Gasteiger partial charge in [-0.15, -0.1) is 0 Å². The predicted molar refractivity (Wildman–Crippen MR) is 67.2 cm³/mol. The molecule has 1 heterocycles. The summed E-state index contributed by atoms with van der Waals surface area (Å²) < 4.78 is 0.722. The smallest absolute Gasteiger partial charge is 0.271 e. The molecular weight excluding hydrogens is 276 g/mol. The molecule has 1 aromatic heterocycles. The molecule has 3 nitrogen and oxygen atoms in total. The van der Waals surface area contributed by atoms with E-state index in [0.717, 1.165) is 4.47 Å². The van der Waals surface area contributed by atoms with Gasteiger partial charge in [0.2, 0.25) is 0 Å². The van der Waals surface area contributed by atoms with E-state index in [2.05, 4.69) is 33.2 Å². The molecule has 0 aliphatic carbocycles. The summed E-state index contributed by atoms with van der Waals surface area (Å²) >= 11 is 5.01. The Morgan fingerprint density at radius 2 is 2.47 bits per heavy atom. The Morgan fingerprint density at radius 3 is 3.07 bits per heavy atom. The van der Waals surface area contributed by atoms with Crippen molar-refractivity contribution in [1.29, 1.82) is 0 Å². The summed E-state index contributed by atoms with van der Waals surface area (Å²) in [6, 6.07) is 3.59. The number of thioether (sulfide) groups is 1. The number of nitrogens with one attached hydrogen (secondary N) is 1. The van der Waals surface area contributed by atoms with Gasteiger partial charge in [-0.2, -0.15) is 11.8 Å². The molecule has 1 unspecified atom stereocenters. The maximum Gasteiger partial charge on any atom is 0.271 e. The Balaban J connectivity index is 2.58. The van der Waals surface area contributed by atoms with Crippen LogP contribution in [-0.4, -0.2) is 28.9 Å². The van der Waals surface area contributed by atoms with Crippen molar-refractivity contribution < 1.29 is 4.79 Å². The molecule has 1 atom stereocenters. The third-order valence-electron chi connectivity index (χ3n) is 1.93. The lowest BCUT2D eigenvalue weighted by molar-refractivity contribution is 0.0948.